The summed E-state index contributed by atoms with van der Waals surface area (Å²) < 4.78 is 16.2. The zero-order valence-corrected chi connectivity index (χ0v) is 24.0. The molecule has 0 unspecified atom stereocenters. The largest absolute Gasteiger partial charge is 0.497 e. The summed E-state index contributed by atoms with van der Waals surface area (Å²) in [6.45, 7) is 8.68. The van der Waals surface area contributed by atoms with E-state index < -0.39 is 5.60 Å². The van der Waals surface area contributed by atoms with Gasteiger partial charge in [0.25, 0.3) is 5.91 Å². The Morgan fingerprint density at radius 1 is 1.07 bits per heavy atom. The highest BCUT2D eigenvalue weighted by Crippen LogP contribution is 2.33. The molecule has 2 aromatic carbocycles. The average molecular weight is 548 g/mol. The van der Waals surface area contributed by atoms with Crippen LogP contribution in [0.2, 0.25) is 0 Å². The van der Waals surface area contributed by atoms with Crippen LogP contribution in [-0.2, 0) is 22.6 Å². The number of amides is 1. The maximum Gasteiger partial charge on any atom is 0.306 e. The fourth-order valence-corrected chi connectivity index (χ4v) is 4.43. The van der Waals surface area contributed by atoms with Crippen LogP contribution in [0.4, 0.5) is 17.5 Å². The minimum atomic E-state index is -0.516. The number of ether oxygens (including phenoxy) is 3. The van der Waals surface area contributed by atoms with Crippen LogP contribution in [-0.4, -0.2) is 53.1 Å². The third kappa shape index (κ3) is 7.19. The van der Waals surface area contributed by atoms with E-state index in [0.717, 1.165) is 16.8 Å². The van der Waals surface area contributed by atoms with Crippen molar-refractivity contribution in [1.82, 2.24) is 14.9 Å². The van der Waals surface area contributed by atoms with E-state index >= 15 is 0 Å². The van der Waals surface area contributed by atoms with Gasteiger partial charge in [-0.2, -0.15) is 4.98 Å². The Bertz CT molecular complexity index is 1390. The molecule has 1 amide bonds. The number of anilines is 3. The standard InChI is InChI=1S/C30H37N5O5/c1-19-9-7-10-21(15-19)32-27-26-23(33-29(34-27)31-14-8-11-25(36)40-30(2,3)4)18-35(28(26)37)17-20-12-13-22(38-5)16-24(20)39-6/h7,9-10,12-13,15-16H,8,11,14,17-18H2,1-6H3,(H2,31,32,33,34). The van der Waals surface area contributed by atoms with Gasteiger partial charge in [0.05, 0.1) is 33.0 Å². The van der Waals surface area contributed by atoms with E-state index in [9.17, 15) is 9.59 Å². The molecule has 0 bridgehead atoms. The average Bonchev–Trinajstić information content (AvgIpc) is 3.20. The molecule has 212 valence electrons. The number of benzene rings is 2. The molecular weight excluding hydrogens is 510 g/mol. The lowest BCUT2D eigenvalue weighted by Gasteiger charge is -2.19. The van der Waals surface area contributed by atoms with Crippen molar-refractivity contribution in [2.75, 3.05) is 31.4 Å². The molecule has 0 spiro atoms. The Hall–Kier alpha value is -4.34. The lowest BCUT2D eigenvalue weighted by atomic mass is 10.1. The van der Waals surface area contributed by atoms with Crippen molar-refractivity contribution in [3.05, 3.63) is 64.8 Å². The van der Waals surface area contributed by atoms with Crippen molar-refractivity contribution in [2.24, 2.45) is 0 Å². The van der Waals surface area contributed by atoms with Crippen molar-refractivity contribution in [3.8, 4) is 11.5 Å². The van der Waals surface area contributed by atoms with Crippen LogP contribution in [0.3, 0.4) is 0 Å². The molecule has 2 N–H and O–H groups in total. The number of rotatable bonds is 11. The van der Waals surface area contributed by atoms with Gasteiger partial charge in [0.15, 0.2) is 0 Å². The SMILES string of the molecule is COc1ccc(CN2Cc3nc(NCCCC(=O)OC(C)(C)C)nc(Nc4cccc(C)c4)c3C2=O)c(OC)c1. The Balaban J connectivity index is 1.55. The Labute approximate surface area is 235 Å². The van der Waals surface area contributed by atoms with Gasteiger partial charge in [0.1, 0.15) is 28.5 Å². The summed E-state index contributed by atoms with van der Waals surface area (Å²) in [5.41, 5.74) is 3.30. The molecule has 2 heterocycles. The molecule has 0 fully saturated rings. The van der Waals surface area contributed by atoms with Crippen molar-refractivity contribution in [2.45, 2.75) is 59.2 Å². The first-order chi connectivity index (χ1) is 19.1. The third-order valence-electron chi connectivity index (χ3n) is 6.22. The minimum Gasteiger partial charge on any atom is -0.497 e. The van der Waals surface area contributed by atoms with E-state index in [0.29, 0.717) is 60.6 Å². The van der Waals surface area contributed by atoms with Crippen LogP contribution in [0, 0.1) is 6.92 Å². The fraction of sp³-hybridized carbons (Fsp3) is 0.400. The van der Waals surface area contributed by atoms with Crippen LogP contribution in [0.5, 0.6) is 11.5 Å². The van der Waals surface area contributed by atoms with Gasteiger partial charge < -0.3 is 29.7 Å². The zero-order valence-electron chi connectivity index (χ0n) is 24.0. The number of esters is 1. The smallest absolute Gasteiger partial charge is 0.306 e. The Morgan fingerprint density at radius 2 is 1.88 bits per heavy atom. The van der Waals surface area contributed by atoms with E-state index in [1.54, 1.807) is 25.2 Å². The molecule has 40 heavy (non-hydrogen) atoms. The van der Waals surface area contributed by atoms with Gasteiger partial charge in [-0.3, -0.25) is 9.59 Å². The summed E-state index contributed by atoms with van der Waals surface area (Å²) >= 11 is 0. The Morgan fingerprint density at radius 3 is 2.58 bits per heavy atom. The highest BCUT2D eigenvalue weighted by Gasteiger charge is 2.34. The maximum atomic E-state index is 13.6. The molecule has 1 aliphatic heterocycles. The molecule has 1 aliphatic rings. The van der Waals surface area contributed by atoms with Crippen LogP contribution in [0.25, 0.3) is 0 Å². The van der Waals surface area contributed by atoms with Crippen molar-refractivity contribution in [3.63, 3.8) is 0 Å². The van der Waals surface area contributed by atoms with Gasteiger partial charge in [-0.05, 0) is 63.9 Å². The number of methoxy groups -OCH3 is 2. The summed E-state index contributed by atoms with van der Waals surface area (Å²) in [7, 11) is 3.19. The predicted molar refractivity (Wildman–Crippen MR) is 153 cm³/mol. The van der Waals surface area contributed by atoms with Crippen LogP contribution in [0.1, 0.15) is 60.8 Å². The summed E-state index contributed by atoms with van der Waals surface area (Å²) in [5, 5.41) is 6.53. The van der Waals surface area contributed by atoms with Gasteiger partial charge >= 0.3 is 5.97 Å². The normalized spacial score (nSPS) is 12.7. The molecular formula is C30H37N5O5. The molecule has 0 aliphatic carbocycles. The summed E-state index contributed by atoms with van der Waals surface area (Å²) in [6.07, 6.45) is 0.831. The number of hydrogen-bond acceptors (Lipinski definition) is 9. The molecule has 0 saturated carbocycles. The number of nitrogens with zero attached hydrogens (tertiary/aromatic N) is 3. The second-order valence-corrected chi connectivity index (χ2v) is 10.7. The molecule has 10 nitrogen and oxygen atoms in total. The lowest BCUT2D eigenvalue weighted by Crippen LogP contribution is -2.24. The van der Waals surface area contributed by atoms with E-state index in [-0.39, 0.29) is 18.3 Å². The van der Waals surface area contributed by atoms with Crippen molar-refractivity contribution < 1.29 is 23.8 Å². The van der Waals surface area contributed by atoms with Crippen LogP contribution >= 0.6 is 0 Å². The zero-order chi connectivity index (χ0) is 28.9. The molecule has 4 rings (SSSR count). The lowest BCUT2D eigenvalue weighted by molar-refractivity contribution is -0.154. The first-order valence-electron chi connectivity index (χ1n) is 13.3. The third-order valence-corrected chi connectivity index (χ3v) is 6.22. The quantitative estimate of drug-likeness (QED) is 0.246. The highest BCUT2D eigenvalue weighted by atomic mass is 16.6. The van der Waals surface area contributed by atoms with Gasteiger partial charge in [-0.15, -0.1) is 0 Å². The summed E-state index contributed by atoms with van der Waals surface area (Å²) in [6, 6.07) is 13.4. The predicted octanol–water partition coefficient (Wildman–Crippen LogP) is 5.24. The van der Waals surface area contributed by atoms with E-state index in [4.69, 9.17) is 14.2 Å². The highest BCUT2D eigenvalue weighted by molar-refractivity contribution is 6.03. The first-order valence-corrected chi connectivity index (χ1v) is 13.3. The van der Waals surface area contributed by atoms with Gasteiger partial charge in [-0.1, -0.05) is 12.1 Å². The van der Waals surface area contributed by atoms with Crippen LogP contribution in [0.15, 0.2) is 42.5 Å². The van der Waals surface area contributed by atoms with Gasteiger partial charge in [-0.25, -0.2) is 4.98 Å². The van der Waals surface area contributed by atoms with E-state index in [2.05, 4.69) is 20.6 Å². The molecule has 3 aromatic rings. The summed E-state index contributed by atoms with van der Waals surface area (Å²) in [5.74, 6) is 1.71. The number of nitrogens with one attached hydrogen (secondary N) is 2. The number of fused-ring (bicyclic) bond motifs is 1. The molecule has 10 heteroatoms. The van der Waals surface area contributed by atoms with Gasteiger partial charge in [0.2, 0.25) is 5.95 Å². The van der Waals surface area contributed by atoms with Crippen molar-refractivity contribution >= 4 is 29.3 Å². The topological polar surface area (TPSA) is 115 Å². The second-order valence-electron chi connectivity index (χ2n) is 10.7. The number of carbonyl (C=O) groups is 2. The summed E-state index contributed by atoms with van der Waals surface area (Å²) in [4.78, 5) is 36.7. The molecule has 0 saturated heterocycles. The van der Waals surface area contributed by atoms with Crippen molar-refractivity contribution in [1.29, 1.82) is 0 Å². The minimum absolute atomic E-state index is 0.167. The monoisotopic (exact) mass is 547 g/mol. The fourth-order valence-electron chi connectivity index (χ4n) is 4.43. The number of carbonyl (C=O) groups excluding carboxylic acids is 2. The van der Waals surface area contributed by atoms with Crippen LogP contribution < -0.4 is 20.1 Å². The number of hydrogen-bond donors (Lipinski definition) is 2. The second kappa shape index (κ2) is 12.2. The molecule has 0 atom stereocenters. The maximum absolute atomic E-state index is 13.6. The Kier molecular flexibility index (Phi) is 8.77. The number of aromatic nitrogens is 2. The first kappa shape index (κ1) is 28.7. The van der Waals surface area contributed by atoms with E-state index in [1.165, 1.54) is 0 Å². The number of aryl methyl sites for hydroxylation is 1. The molecule has 0 radical (unpaired) electrons. The molecule has 1 aromatic heterocycles. The van der Waals surface area contributed by atoms with Gasteiger partial charge in [0, 0.05) is 30.3 Å². The van der Waals surface area contributed by atoms with E-state index in [1.807, 2.05) is 64.1 Å².